The average Bonchev–Trinajstić information content (AvgIpc) is 2.53. The molecule has 1 fully saturated rings. The Bertz CT molecular complexity index is 533. The summed E-state index contributed by atoms with van der Waals surface area (Å²) in [6.07, 6.45) is 1.18. The topological polar surface area (TPSA) is 93.5 Å². The molecule has 0 radical (unpaired) electrons. The first-order valence-electron chi connectivity index (χ1n) is 6.85. The molecular weight excluding hydrogens is 310 g/mol. The van der Waals surface area contributed by atoms with Crippen molar-refractivity contribution < 1.29 is 14.5 Å². The van der Waals surface area contributed by atoms with E-state index in [-0.39, 0.29) is 30.5 Å². The number of hydrogen-bond donors (Lipinski definition) is 2. The van der Waals surface area contributed by atoms with Crippen LogP contribution in [0.1, 0.15) is 18.4 Å². The summed E-state index contributed by atoms with van der Waals surface area (Å²) in [6, 6.07) is 6.39. The lowest BCUT2D eigenvalue weighted by molar-refractivity contribution is -0.385. The number of nitro benzene ring substituents is 1. The summed E-state index contributed by atoms with van der Waals surface area (Å²) in [7, 11) is 1.52. The number of nitrogens with one attached hydrogen (secondary N) is 2. The van der Waals surface area contributed by atoms with E-state index in [0.717, 1.165) is 0 Å². The van der Waals surface area contributed by atoms with Crippen molar-refractivity contribution >= 4 is 24.0 Å². The molecule has 8 heteroatoms. The maximum Gasteiger partial charge on any atom is 0.274 e. The van der Waals surface area contributed by atoms with Gasteiger partial charge in [-0.05, 0) is 25.9 Å². The van der Waals surface area contributed by atoms with E-state index < -0.39 is 10.5 Å². The number of halogens is 1. The zero-order chi connectivity index (χ0) is 15.3. The zero-order valence-corrected chi connectivity index (χ0v) is 13.1. The number of nitrogens with zero attached hydrogens (tertiary/aromatic N) is 1. The summed E-state index contributed by atoms with van der Waals surface area (Å²) in [4.78, 5) is 22.9. The van der Waals surface area contributed by atoms with Crippen molar-refractivity contribution in [1.29, 1.82) is 0 Å². The molecule has 0 saturated carbocycles. The van der Waals surface area contributed by atoms with Gasteiger partial charge in [-0.1, -0.05) is 18.2 Å². The predicted octanol–water partition coefficient (Wildman–Crippen LogP) is 1.40. The Balaban J connectivity index is 0.00000242. The molecule has 7 nitrogen and oxygen atoms in total. The number of amides is 1. The van der Waals surface area contributed by atoms with Crippen molar-refractivity contribution in [3.05, 3.63) is 39.9 Å². The number of nitro groups is 1. The molecule has 1 aromatic carbocycles. The highest BCUT2D eigenvalue weighted by Crippen LogP contribution is 2.23. The van der Waals surface area contributed by atoms with Crippen LogP contribution in [0.4, 0.5) is 5.69 Å². The number of para-hydroxylation sites is 1. The van der Waals surface area contributed by atoms with Gasteiger partial charge in [-0.15, -0.1) is 12.4 Å². The number of rotatable bonds is 5. The first-order valence-corrected chi connectivity index (χ1v) is 6.85. The standard InChI is InChI=1S/C14H19N3O4.ClH/c1-21-14(6-8-15-9-7-14)13(18)16-10-11-4-2-3-5-12(11)17(19)20;/h2-5,15H,6-10H2,1H3,(H,16,18);1H. The molecule has 0 bridgehead atoms. The Morgan fingerprint density at radius 3 is 2.64 bits per heavy atom. The Hall–Kier alpha value is -1.70. The van der Waals surface area contributed by atoms with Crippen molar-refractivity contribution in [2.45, 2.75) is 25.0 Å². The van der Waals surface area contributed by atoms with Crippen molar-refractivity contribution in [2.75, 3.05) is 20.2 Å². The molecule has 1 aliphatic rings. The van der Waals surface area contributed by atoms with E-state index in [1.54, 1.807) is 18.2 Å². The second-order valence-corrected chi connectivity index (χ2v) is 5.02. The van der Waals surface area contributed by atoms with Crippen molar-refractivity contribution in [1.82, 2.24) is 10.6 Å². The molecule has 122 valence electrons. The minimum atomic E-state index is -0.838. The third-order valence-corrected chi connectivity index (χ3v) is 3.84. The third-order valence-electron chi connectivity index (χ3n) is 3.84. The van der Waals surface area contributed by atoms with Crippen LogP contribution in [0, 0.1) is 10.1 Å². The van der Waals surface area contributed by atoms with Gasteiger partial charge >= 0.3 is 0 Å². The van der Waals surface area contributed by atoms with Gasteiger partial charge in [0.25, 0.3) is 11.6 Å². The number of carbonyl (C=O) groups excluding carboxylic acids is 1. The number of carbonyl (C=O) groups is 1. The van der Waals surface area contributed by atoms with E-state index in [2.05, 4.69) is 10.6 Å². The van der Waals surface area contributed by atoms with Crippen LogP contribution < -0.4 is 10.6 Å². The highest BCUT2D eigenvalue weighted by Gasteiger charge is 2.39. The largest absolute Gasteiger partial charge is 0.368 e. The van der Waals surface area contributed by atoms with Gasteiger partial charge in [-0.2, -0.15) is 0 Å². The van der Waals surface area contributed by atoms with Gasteiger partial charge in [0.15, 0.2) is 0 Å². The number of ether oxygens (including phenoxy) is 1. The minimum absolute atomic E-state index is 0. The van der Waals surface area contributed by atoms with Gasteiger partial charge in [0.1, 0.15) is 5.60 Å². The summed E-state index contributed by atoms with van der Waals surface area (Å²) in [6.45, 7) is 1.55. The summed E-state index contributed by atoms with van der Waals surface area (Å²) in [5.74, 6) is -0.218. The van der Waals surface area contributed by atoms with Gasteiger partial charge < -0.3 is 15.4 Å². The van der Waals surface area contributed by atoms with Crippen molar-refractivity contribution in [2.24, 2.45) is 0 Å². The summed E-state index contributed by atoms with van der Waals surface area (Å²) < 4.78 is 5.42. The van der Waals surface area contributed by atoms with Gasteiger partial charge in [0.2, 0.25) is 0 Å². The van der Waals surface area contributed by atoms with Crippen molar-refractivity contribution in [3.63, 3.8) is 0 Å². The van der Waals surface area contributed by atoms with Crippen molar-refractivity contribution in [3.8, 4) is 0 Å². The number of hydrogen-bond acceptors (Lipinski definition) is 5. The molecule has 1 aromatic rings. The van der Waals surface area contributed by atoms with E-state index >= 15 is 0 Å². The van der Waals surface area contributed by atoms with E-state index in [1.165, 1.54) is 13.2 Å². The Labute approximate surface area is 135 Å². The molecule has 0 unspecified atom stereocenters. The fraction of sp³-hybridized carbons (Fsp3) is 0.500. The lowest BCUT2D eigenvalue weighted by atomic mass is 9.91. The van der Waals surface area contributed by atoms with Crippen LogP contribution in [0.5, 0.6) is 0 Å². The minimum Gasteiger partial charge on any atom is -0.368 e. The van der Waals surface area contributed by atoms with E-state index in [0.29, 0.717) is 31.5 Å². The predicted molar refractivity (Wildman–Crippen MR) is 84.0 cm³/mol. The molecule has 2 N–H and O–H groups in total. The molecule has 1 saturated heterocycles. The van der Waals surface area contributed by atoms with Crippen LogP contribution in [-0.2, 0) is 16.1 Å². The number of piperidine rings is 1. The van der Waals surface area contributed by atoms with E-state index in [4.69, 9.17) is 4.74 Å². The first kappa shape index (κ1) is 18.3. The number of benzene rings is 1. The molecule has 0 spiro atoms. The highest BCUT2D eigenvalue weighted by molar-refractivity contribution is 5.85. The van der Waals surface area contributed by atoms with Crippen LogP contribution >= 0.6 is 12.4 Å². The fourth-order valence-electron chi connectivity index (χ4n) is 2.53. The molecule has 22 heavy (non-hydrogen) atoms. The summed E-state index contributed by atoms with van der Waals surface area (Å²) in [5.41, 5.74) is -0.347. The van der Waals surface area contributed by atoms with E-state index in [9.17, 15) is 14.9 Å². The molecule has 0 atom stereocenters. The molecule has 1 heterocycles. The second-order valence-electron chi connectivity index (χ2n) is 5.02. The van der Waals surface area contributed by atoms with Gasteiger partial charge in [-0.25, -0.2) is 0 Å². The Morgan fingerprint density at radius 2 is 2.05 bits per heavy atom. The Morgan fingerprint density at radius 1 is 1.41 bits per heavy atom. The maximum absolute atomic E-state index is 12.4. The molecule has 0 aliphatic carbocycles. The van der Waals surface area contributed by atoms with Crippen LogP contribution in [-0.4, -0.2) is 36.6 Å². The second kappa shape index (κ2) is 8.07. The highest BCUT2D eigenvalue weighted by atomic mass is 35.5. The van der Waals surface area contributed by atoms with E-state index in [1.807, 2.05) is 0 Å². The molecule has 2 rings (SSSR count). The number of methoxy groups -OCH3 is 1. The monoisotopic (exact) mass is 329 g/mol. The molecule has 1 amide bonds. The van der Waals surface area contributed by atoms with Crippen LogP contribution in [0.25, 0.3) is 0 Å². The van der Waals surface area contributed by atoms with Crippen LogP contribution in [0.3, 0.4) is 0 Å². The van der Waals surface area contributed by atoms with Gasteiger partial charge in [-0.3, -0.25) is 14.9 Å². The maximum atomic E-state index is 12.4. The quantitative estimate of drug-likeness (QED) is 0.629. The normalized spacial score (nSPS) is 16.4. The summed E-state index contributed by atoms with van der Waals surface area (Å²) >= 11 is 0. The third kappa shape index (κ3) is 3.94. The smallest absolute Gasteiger partial charge is 0.274 e. The lowest BCUT2D eigenvalue weighted by Crippen LogP contribution is -2.53. The van der Waals surface area contributed by atoms with Crippen LogP contribution in [0.2, 0.25) is 0 Å². The first-order chi connectivity index (χ1) is 10.1. The molecule has 0 aromatic heterocycles. The SMILES string of the molecule is COC1(C(=O)NCc2ccccc2[N+](=O)[O-])CCNCC1.Cl. The van der Waals surface area contributed by atoms with Gasteiger partial charge in [0.05, 0.1) is 4.92 Å². The zero-order valence-electron chi connectivity index (χ0n) is 12.3. The van der Waals surface area contributed by atoms with Crippen LogP contribution in [0.15, 0.2) is 24.3 Å². The fourth-order valence-corrected chi connectivity index (χ4v) is 2.53. The van der Waals surface area contributed by atoms with Gasteiger partial charge in [0, 0.05) is 25.3 Å². The average molecular weight is 330 g/mol. The molecule has 1 aliphatic heterocycles. The summed E-state index contributed by atoms with van der Waals surface area (Å²) in [5, 5.41) is 16.9. The lowest BCUT2D eigenvalue weighted by Gasteiger charge is -2.34. The molecular formula is C14H20ClN3O4. The Kier molecular flexibility index (Phi) is 6.73.